The highest BCUT2D eigenvalue weighted by molar-refractivity contribution is 6.30. The first-order valence-electron chi connectivity index (χ1n) is 9.86. The van der Waals surface area contributed by atoms with E-state index in [1.54, 1.807) is 29.2 Å². The summed E-state index contributed by atoms with van der Waals surface area (Å²) in [5, 5.41) is 3.54. The SMILES string of the molecule is CCC(C(=O)NCC(C)C)N(Cc1ccc(Cl)cc1)C(=O)Cc1ccc(F)cc1. The molecule has 0 fully saturated rings. The van der Waals surface area contributed by atoms with Gasteiger partial charge in [-0.15, -0.1) is 0 Å². The van der Waals surface area contributed by atoms with Crippen LogP contribution in [0.4, 0.5) is 4.39 Å². The minimum atomic E-state index is -0.586. The minimum Gasteiger partial charge on any atom is -0.354 e. The van der Waals surface area contributed by atoms with Crippen LogP contribution in [0.2, 0.25) is 5.02 Å². The van der Waals surface area contributed by atoms with E-state index < -0.39 is 6.04 Å². The Morgan fingerprint density at radius 3 is 2.17 bits per heavy atom. The van der Waals surface area contributed by atoms with Gasteiger partial charge in [0.1, 0.15) is 11.9 Å². The number of hydrogen-bond acceptors (Lipinski definition) is 2. The highest BCUT2D eigenvalue weighted by atomic mass is 35.5. The van der Waals surface area contributed by atoms with Gasteiger partial charge in [0.05, 0.1) is 6.42 Å². The van der Waals surface area contributed by atoms with Gasteiger partial charge in [0.15, 0.2) is 0 Å². The van der Waals surface area contributed by atoms with Gasteiger partial charge in [0, 0.05) is 18.1 Å². The van der Waals surface area contributed by atoms with Crippen LogP contribution in [0.1, 0.15) is 38.3 Å². The van der Waals surface area contributed by atoms with Crippen LogP contribution >= 0.6 is 11.6 Å². The molecule has 0 aromatic heterocycles. The van der Waals surface area contributed by atoms with Gasteiger partial charge < -0.3 is 10.2 Å². The lowest BCUT2D eigenvalue weighted by atomic mass is 10.1. The summed E-state index contributed by atoms with van der Waals surface area (Å²) in [7, 11) is 0. The van der Waals surface area contributed by atoms with Gasteiger partial charge in [-0.25, -0.2) is 4.39 Å². The lowest BCUT2D eigenvalue weighted by Gasteiger charge is -2.31. The van der Waals surface area contributed by atoms with Crippen molar-refractivity contribution in [2.75, 3.05) is 6.54 Å². The molecule has 1 atom stereocenters. The summed E-state index contributed by atoms with van der Waals surface area (Å²) in [6, 6.07) is 12.5. The number of halogens is 2. The van der Waals surface area contributed by atoms with Crippen molar-refractivity contribution in [2.24, 2.45) is 5.92 Å². The molecule has 0 saturated carbocycles. The second kappa shape index (κ2) is 11.0. The molecular formula is C23H28ClFN2O2. The molecule has 2 rings (SSSR count). The molecule has 2 amide bonds. The van der Waals surface area contributed by atoms with E-state index in [4.69, 9.17) is 11.6 Å². The smallest absolute Gasteiger partial charge is 0.242 e. The van der Waals surface area contributed by atoms with Gasteiger partial charge >= 0.3 is 0 Å². The van der Waals surface area contributed by atoms with Crippen LogP contribution < -0.4 is 5.32 Å². The van der Waals surface area contributed by atoms with E-state index in [2.05, 4.69) is 5.32 Å². The molecule has 156 valence electrons. The summed E-state index contributed by atoms with van der Waals surface area (Å²) >= 11 is 5.97. The number of amides is 2. The van der Waals surface area contributed by atoms with Crippen LogP contribution in [0, 0.1) is 11.7 Å². The fraction of sp³-hybridized carbons (Fsp3) is 0.391. The standard InChI is InChI=1S/C23H28ClFN2O2/c1-4-21(23(29)26-14-16(2)3)27(15-18-5-9-19(24)10-6-18)22(28)13-17-7-11-20(25)12-8-17/h5-12,16,21H,4,13-15H2,1-3H3,(H,26,29). The summed E-state index contributed by atoms with van der Waals surface area (Å²) in [6.45, 7) is 6.78. The predicted molar refractivity (Wildman–Crippen MR) is 114 cm³/mol. The third kappa shape index (κ3) is 7.17. The Morgan fingerprint density at radius 2 is 1.62 bits per heavy atom. The highest BCUT2D eigenvalue weighted by Gasteiger charge is 2.28. The van der Waals surface area contributed by atoms with Gasteiger partial charge in [0.2, 0.25) is 11.8 Å². The van der Waals surface area contributed by atoms with E-state index >= 15 is 0 Å². The van der Waals surface area contributed by atoms with Crippen molar-refractivity contribution in [3.05, 3.63) is 70.5 Å². The molecule has 2 aromatic carbocycles. The second-order valence-electron chi connectivity index (χ2n) is 7.51. The van der Waals surface area contributed by atoms with Crippen LogP contribution in [-0.2, 0) is 22.6 Å². The number of nitrogens with zero attached hydrogens (tertiary/aromatic N) is 1. The molecule has 29 heavy (non-hydrogen) atoms. The average molecular weight is 419 g/mol. The highest BCUT2D eigenvalue weighted by Crippen LogP contribution is 2.17. The molecule has 0 saturated heterocycles. The number of benzene rings is 2. The van der Waals surface area contributed by atoms with Crippen molar-refractivity contribution < 1.29 is 14.0 Å². The second-order valence-corrected chi connectivity index (χ2v) is 7.95. The molecule has 4 nitrogen and oxygen atoms in total. The first-order valence-corrected chi connectivity index (χ1v) is 10.2. The van der Waals surface area contributed by atoms with Gasteiger partial charge in [-0.3, -0.25) is 9.59 Å². The Hall–Kier alpha value is -2.40. The zero-order chi connectivity index (χ0) is 21.4. The zero-order valence-corrected chi connectivity index (χ0v) is 17.9. The maximum absolute atomic E-state index is 13.2. The number of carbonyl (C=O) groups is 2. The van der Waals surface area contributed by atoms with E-state index in [1.165, 1.54) is 12.1 Å². The maximum Gasteiger partial charge on any atom is 0.242 e. The normalized spacial score (nSPS) is 11.9. The van der Waals surface area contributed by atoms with E-state index in [-0.39, 0.29) is 24.1 Å². The van der Waals surface area contributed by atoms with Crippen LogP contribution in [0.5, 0.6) is 0 Å². The molecule has 1 N–H and O–H groups in total. The van der Waals surface area contributed by atoms with Crippen molar-refractivity contribution in [1.29, 1.82) is 0 Å². The van der Waals surface area contributed by atoms with E-state index in [1.807, 2.05) is 32.9 Å². The third-order valence-corrected chi connectivity index (χ3v) is 4.86. The molecule has 0 bridgehead atoms. The molecule has 0 aliphatic heterocycles. The molecule has 0 radical (unpaired) electrons. The molecular weight excluding hydrogens is 391 g/mol. The van der Waals surface area contributed by atoms with Crippen molar-refractivity contribution in [2.45, 2.75) is 46.2 Å². The van der Waals surface area contributed by atoms with E-state index in [0.717, 1.165) is 5.56 Å². The Kier molecular flexibility index (Phi) is 8.65. The summed E-state index contributed by atoms with van der Waals surface area (Å²) in [6.07, 6.45) is 0.592. The molecule has 0 aliphatic carbocycles. The van der Waals surface area contributed by atoms with Gasteiger partial charge in [0.25, 0.3) is 0 Å². The summed E-state index contributed by atoms with van der Waals surface area (Å²) in [4.78, 5) is 27.5. The van der Waals surface area contributed by atoms with Crippen LogP contribution in [0.3, 0.4) is 0 Å². The largest absolute Gasteiger partial charge is 0.354 e. The molecule has 1 unspecified atom stereocenters. The Balaban J connectivity index is 2.24. The van der Waals surface area contributed by atoms with Gasteiger partial charge in [-0.1, -0.05) is 56.6 Å². The van der Waals surface area contributed by atoms with Gasteiger partial charge in [-0.2, -0.15) is 0 Å². The number of hydrogen-bond donors (Lipinski definition) is 1. The quantitative estimate of drug-likeness (QED) is 0.646. The van der Waals surface area contributed by atoms with Crippen LogP contribution in [0.25, 0.3) is 0 Å². The van der Waals surface area contributed by atoms with Crippen LogP contribution in [-0.4, -0.2) is 29.3 Å². The van der Waals surface area contributed by atoms with Crippen molar-refractivity contribution >= 4 is 23.4 Å². The Bertz CT molecular complexity index is 807. The fourth-order valence-corrected chi connectivity index (χ4v) is 3.13. The topological polar surface area (TPSA) is 49.4 Å². The monoisotopic (exact) mass is 418 g/mol. The van der Waals surface area contributed by atoms with E-state index in [0.29, 0.717) is 36.0 Å². The van der Waals surface area contributed by atoms with Crippen molar-refractivity contribution in [3.8, 4) is 0 Å². The van der Waals surface area contributed by atoms with Crippen molar-refractivity contribution in [3.63, 3.8) is 0 Å². The predicted octanol–water partition coefficient (Wildman–Crippen LogP) is 4.60. The summed E-state index contributed by atoms with van der Waals surface area (Å²) in [5.74, 6) is -0.379. The summed E-state index contributed by atoms with van der Waals surface area (Å²) in [5.41, 5.74) is 1.59. The number of rotatable bonds is 9. The van der Waals surface area contributed by atoms with E-state index in [9.17, 15) is 14.0 Å². The lowest BCUT2D eigenvalue weighted by Crippen LogP contribution is -2.50. The van der Waals surface area contributed by atoms with Gasteiger partial charge in [-0.05, 0) is 47.7 Å². The molecule has 0 aliphatic rings. The molecule has 0 spiro atoms. The zero-order valence-electron chi connectivity index (χ0n) is 17.1. The lowest BCUT2D eigenvalue weighted by molar-refractivity contribution is -0.141. The average Bonchev–Trinajstić information content (AvgIpc) is 2.69. The first kappa shape index (κ1) is 22.9. The molecule has 0 heterocycles. The molecule has 2 aromatic rings. The summed E-state index contributed by atoms with van der Waals surface area (Å²) < 4.78 is 13.2. The number of nitrogens with one attached hydrogen (secondary N) is 1. The Labute approximate surface area is 177 Å². The first-order chi connectivity index (χ1) is 13.8. The maximum atomic E-state index is 13.2. The third-order valence-electron chi connectivity index (χ3n) is 4.61. The minimum absolute atomic E-state index is 0.0990. The van der Waals surface area contributed by atoms with Crippen LogP contribution in [0.15, 0.2) is 48.5 Å². The van der Waals surface area contributed by atoms with Crippen molar-refractivity contribution in [1.82, 2.24) is 10.2 Å². The number of carbonyl (C=O) groups excluding carboxylic acids is 2. The molecule has 6 heteroatoms. The Morgan fingerprint density at radius 1 is 1.03 bits per heavy atom. The fourth-order valence-electron chi connectivity index (χ4n) is 3.01.